The molecule has 0 bridgehead atoms. The number of carbonyl (C=O) groups excluding carboxylic acids is 1. The molecule has 0 saturated carbocycles. The lowest BCUT2D eigenvalue weighted by atomic mass is 10.1. The van der Waals surface area contributed by atoms with Crippen LogP contribution in [0.5, 0.6) is 0 Å². The number of anilines is 1. The zero-order valence-corrected chi connectivity index (χ0v) is 12.0. The summed E-state index contributed by atoms with van der Waals surface area (Å²) in [7, 11) is 0. The Morgan fingerprint density at radius 3 is 2.68 bits per heavy atom. The van der Waals surface area contributed by atoms with E-state index >= 15 is 0 Å². The van der Waals surface area contributed by atoms with Crippen molar-refractivity contribution in [3.05, 3.63) is 29.8 Å². The van der Waals surface area contributed by atoms with Crippen molar-refractivity contribution in [2.45, 2.75) is 52.5 Å². The molecule has 19 heavy (non-hydrogen) atoms. The molecule has 1 aromatic rings. The van der Waals surface area contributed by atoms with E-state index in [9.17, 15) is 4.79 Å². The van der Waals surface area contributed by atoms with Crippen molar-refractivity contribution in [3.63, 3.8) is 0 Å². The van der Waals surface area contributed by atoms with Crippen LogP contribution >= 0.6 is 0 Å². The van der Waals surface area contributed by atoms with Gasteiger partial charge in [-0.2, -0.15) is 5.26 Å². The second-order valence-electron chi connectivity index (χ2n) is 4.81. The van der Waals surface area contributed by atoms with Crippen molar-refractivity contribution >= 4 is 11.6 Å². The molecule has 0 aliphatic carbocycles. The van der Waals surface area contributed by atoms with Crippen molar-refractivity contribution in [1.82, 2.24) is 0 Å². The minimum Gasteiger partial charge on any atom is -0.310 e. The highest BCUT2D eigenvalue weighted by Crippen LogP contribution is 2.22. The maximum Gasteiger partial charge on any atom is 0.227 e. The van der Waals surface area contributed by atoms with Gasteiger partial charge in [-0.15, -0.1) is 0 Å². The van der Waals surface area contributed by atoms with Gasteiger partial charge < -0.3 is 4.90 Å². The smallest absolute Gasteiger partial charge is 0.227 e. The molecule has 3 heteroatoms. The first-order valence-corrected chi connectivity index (χ1v) is 6.96. The van der Waals surface area contributed by atoms with Gasteiger partial charge in [-0.3, -0.25) is 4.79 Å². The van der Waals surface area contributed by atoms with E-state index in [1.54, 1.807) is 12.1 Å². The number of rotatable bonds is 6. The quantitative estimate of drug-likeness (QED) is 0.777. The summed E-state index contributed by atoms with van der Waals surface area (Å²) in [6.07, 6.45) is 3.39. The molecule has 1 aromatic carbocycles. The highest BCUT2D eigenvalue weighted by atomic mass is 16.2. The number of hydrogen-bond acceptors (Lipinski definition) is 2. The Bertz CT molecular complexity index is 462. The van der Waals surface area contributed by atoms with Crippen LogP contribution < -0.4 is 4.90 Å². The lowest BCUT2D eigenvalue weighted by Crippen LogP contribution is -2.38. The van der Waals surface area contributed by atoms with E-state index in [-0.39, 0.29) is 11.9 Å². The summed E-state index contributed by atoms with van der Waals surface area (Å²) < 4.78 is 0. The van der Waals surface area contributed by atoms with Gasteiger partial charge in [0, 0.05) is 18.2 Å². The van der Waals surface area contributed by atoms with Crippen LogP contribution in [0.2, 0.25) is 0 Å². The van der Waals surface area contributed by atoms with Crippen LogP contribution in [-0.2, 0) is 4.79 Å². The van der Waals surface area contributed by atoms with E-state index < -0.39 is 0 Å². The zero-order valence-electron chi connectivity index (χ0n) is 12.0. The van der Waals surface area contributed by atoms with Crippen LogP contribution in [0.25, 0.3) is 0 Å². The van der Waals surface area contributed by atoms with Crippen LogP contribution in [0.1, 0.15) is 52.0 Å². The monoisotopic (exact) mass is 258 g/mol. The van der Waals surface area contributed by atoms with Gasteiger partial charge in [0.25, 0.3) is 0 Å². The first-order valence-electron chi connectivity index (χ1n) is 6.96. The fourth-order valence-corrected chi connectivity index (χ4v) is 2.25. The van der Waals surface area contributed by atoms with Gasteiger partial charge in [-0.05, 0) is 38.0 Å². The molecule has 0 aromatic heterocycles. The fraction of sp³-hybridized carbons (Fsp3) is 0.500. The third kappa shape index (κ3) is 4.10. The van der Waals surface area contributed by atoms with Crippen LogP contribution in [-0.4, -0.2) is 11.9 Å². The van der Waals surface area contributed by atoms with Crippen LogP contribution in [0.15, 0.2) is 24.3 Å². The molecular weight excluding hydrogens is 236 g/mol. The summed E-state index contributed by atoms with van der Waals surface area (Å²) in [5.41, 5.74) is 1.42. The molecule has 0 N–H and O–H groups in total. The Balaban J connectivity index is 3.07. The van der Waals surface area contributed by atoms with E-state index in [1.165, 1.54) is 0 Å². The lowest BCUT2D eigenvalue weighted by Gasteiger charge is -2.29. The minimum atomic E-state index is 0.138. The molecule has 0 spiro atoms. The van der Waals surface area contributed by atoms with Crippen molar-refractivity contribution in [1.29, 1.82) is 5.26 Å². The molecule has 1 amide bonds. The predicted octanol–water partition coefficient (Wildman–Crippen LogP) is 3.88. The number of amides is 1. The standard InChI is InChI=1S/C16H22N2O/c1-4-7-13(3)18(16(19)8-5-2)15-10-6-9-14(11-15)12-17/h6,9-11,13H,4-5,7-8H2,1-3H3. The average molecular weight is 258 g/mol. The number of nitriles is 1. The molecule has 1 atom stereocenters. The second kappa shape index (κ2) is 7.58. The number of nitrogens with zero attached hydrogens (tertiary/aromatic N) is 2. The molecular formula is C16H22N2O. The third-order valence-corrected chi connectivity index (χ3v) is 3.13. The zero-order chi connectivity index (χ0) is 14.3. The molecule has 0 saturated heterocycles. The summed E-state index contributed by atoms with van der Waals surface area (Å²) in [5.74, 6) is 0.138. The Hall–Kier alpha value is -1.82. The maximum atomic E-state index is 12.3. The number of benzene rings is 1. The molecule has 0 aliphatic rings. The Morgan fingerprint density at radius 2 is 2.11 bits per heavy atom. The van der Waals surface area contributed by atoms with Gasteiger partial charge in [0.2, 0.25) is 5.91 Å². The Labute approximate surface area is 115 Å². The van der Waals surface area contributed by atoms with E-state index in [1.807, 2.05) is 24.0 Å². The largest absolute Gasteiger partial charge is 0.310 e. The summed E-state index contributed by atoms with van der Waals surface area (Å²) in [6.45, 7) is 6.19. The van der Waals surface area contributed by atoms with Crippen molar-refractivity contribution in [3.8, 4) is 6.07 Å². The SMILES string of the molecule is CCCC(=O)N(c1cccc(C#N)c1)C(C)CCC. The summed E-state index contributed by atoms with van der Waals surface area (Å²) >= 11 is 0. The van der Waals surface area contributed by atoms with Gasteiger partial charge in [0.1, 0.15) is 0 Å². The van der Waals surface area contributed by atoms with Crippen molar-refractivity contribution in [2.24, 2.45) is 0 Å². The van der Waals surface area contributed by atoms with E-state index in [2.05, 4.69) is 19.9 Å². The molecule has 0 radical (unpaired) electrons. The van der Waals surface area contributed by atoms with Crippen molar-refractivity contribution < 1.29 is 4.79 Å². The van der Waals surface area contributed by atoms with Crippen LogP contribution in [0.4, 0.5) is 5.69 Å². The van der Waals surface area contributed by atoms with E-state index in [0.29, 0.717) is 12.0 Å². The first-order chi connectivity index (χ1) is 9.13. The highest BCUT2D eigenvalue weighted by Gasteiger charge is 2.20. The molecule has 3 nitrogen and oxygen atoms in total. The van der Waals surface area contributed by atoms with E-state index in [4.69, 9.17) is 5.26 Å². The van der Waals surface area contributed by atoms with Gasteiger partial charge >= 0.3 is 0 Å². The molecule has 102 valence electrons. The van der Waals surface area contributed by atoms with Crippen molar-refractivity contribution in [2.75, 3.05) is 4.90 Å². The molecule has 0 aliphatic heterocycles. The molecule has 0 heterocycles. The Kier molecular flexibility index (Phi) is 6.08. The highest BCUT2D eigenvalue weighted by molar-refractivity contribution is 5.94. The second-order valence-corrected chi connectivity index (χ2v) is 4.81. The number of hydrogen-bond donors (Lipinski definition) is 0. The molecule has 1 rings (SSSR count). The van der Waals surface area contributed by atoms with Gasteiger partial charge in [-0.25, -0.2) is 0 Å². The van der Waals surface area contributed by atoms with Crippen LogP contribution in [0.3, 0.4) is 0 Å². The summed E-state index contributed by atoms with van der Waals surface area (Å²) in [5, 5.41) is 8.97. The summed E-state index contributed by atoms with van der Waals surface area (Å²) in [6, 6.07) is 9.58. The minimum absolute atomic E-state index is 0.138. The Morgan fingerprint density at radius 1 is 1.37 bits per heavy atom. The average Bonchev–Trinajstić information content (AvgIpc) is 2.40. The summed E-state index contributed by atoms with van der Waals surface area (Å²) in [4.78, 5) is 14.1. The fourth-order valence-electron chi connectivity index (χ4n) is 2.25. The lowest BCUT2D eigenvalue weighted by molar-refractivity contribution is -0.119. The van der Waals surface area contributed by atoms with Gasteiger partial charge in [-0.1, -0.05) is 26.3 Å². The molecule has 0 fully saturated rings. The normalized spacial score (nSPS) is 11.7. The molecule has 1 unspecified atom stereocenters. The maximum absolute atomic E-state index is 12.3. The van der Waals surface area contributed by atoms with Gasteiger partial charge in [0.05, 0.1) is 11.6 Å². The third-order valence-electron chi connectivity index (χ3n) is 3.13. The van der Waals surface area contributed by atoms with Gasteiger partial charge in [0.15, 0.2) is 0 Å². The topological polar surface area (TPSA) is 44.1 Å². The first kappa shape index (κ1) is 15.2. The number of carbonyl (C=O) groups is 1. The van der Waals surface area contributed by atoms with Crippen LogP contribution in [0, 0.1) is 11.3 Å². The van der Waals surface area contributed by atoms with E-state index in [0.717, 1.165) is 24.9 Å². The predicted molar refractivity (Wildman–Crippen MR) is 77.9 cm³/mol.